The Labute approximate surface area is 166 Å². The molecule has 2 aromatic carbocycles. The van der Waals surface area contributed by atoms with E-state index in [1.54, 1.807) is 18.2 Å². The highest BCUT2D eigenvalue weighted by atomic mass is 32.2. The van der Waals surface area contributed by atoms with Gasteiger partial charge in [0.15, 0.2) is 9.84 Å². The summed E-state index contributed by atoms with van der Waals surface area (Å²) in [7, 11) is -5.57. The van der Waals surface area contributed by atoms with Crippen molar-refractivity contribution in [2.75, 3.05) is 20.2 Å². The van der Waals surface area contributed by atoms with Crippen molar-refractivity contribution in [3.05, 3.63) is 65.6 Å². The zero-order valence-corrected chi connectivity index (χ0v) is 17.2. The molecule has 0 unspecified atom stereocenters. The molecular formula is C20H23NO5S2. The van der Waals surface area contributed by atoms with Gasteiger partial charge in [-0.2, -0.15) is 4.31 Å². The first kappa shape index (κ1) is 20.6. The second-order valence-corrected chi connectivity index (χ2v) is 10.6. The minimum Gasteiger partial charge on any atom is -0.497 e. The molecule has 6 nitrogen and oxygen atoms in total. The van der Waals surface area contributed by atoms with Crippen molar-refractivity contribution in [3.8, 4) is 5.75 Å². The van der Waals surface area contributed by atoms with Gasteiger partial charge in [-0.05, 0) is 48.7 Å². The summed E-state index contributed by atoms with van der Waals surface area (Å²) in [5.41, 5.74) is 0.794. The Bertz CT molecular complexity index is 1020. The molecule has 0 N–H and O–H groups in total. The molecule has 1 aliphatic heterocycles. The Balaban J connectivity index is 1.67. The zero-order valence-electron chi connectivity index (χ0n) is 15.6. The maximum atomic E-state index is 12.8. The molecule has 3 rings (SSSR count). The van der Waals surface area contributed by atoms with E-state index in [-0.39, 0.29) is 30.8 Å². The number of sulfone groups is 1. The number of hydrogen-bond donors (Lipinski definition) is 0. The van der Waals surface area contributed by atoms with Crippen LogP contribution in [0.2, 0.25) is 0 Å². The molecule has 2 aromatic rings. The van der Waals surface area contributed by atoms with E-state index in [2.05, 4.69) is 0 Å². The molecule has 0 radical (unpaired) electrons. The third-order valence-electron chi connectivity index (χ3n) is 4.82. The van der Waals surface area contributed by atoms with Crippen molar-refractivity contribution < 1.29 is 21.6 Å². The lowest BCUT2D eigenvalue weighted by Crippen LogP contribution is -2.41. The summed E-state index contributed by atoms with van der Waals surface area (Å²) < 4.78 is 57.1. The summed E-state index contributed by atoms with van der Waals surface area (Å²) in [6.45, 7) is 0.364. The predicted octanol–water partition coefficient (Wildman–Crippen LogP) is 2.93. The van der Waals surface area contributed by atoms with E-state index in [1.165, 1.54) is 29.0 Å². The SMILES string of the molecule is COc1ccc(S(=O)(=O)C2CCN(S(=O)(=O)/C=C/c3ccccc3)CC2)cc1. The average Bonchev–Trinajstić information content (AvgIpc) is 2.73. The van der Waals surface area contributed by atoms with Gasteiger partial charge in [-0.1, -0.05) is 30.3 Å². The lowest BCUT2D eigenvalue weighted by molar-refractivity contribution is 0.349. The standard InChI is InChI=1S/C20H23NO5S2/c1-26-18-7-9-19(10-8-18)28(24,25)20-11-14-21(15-12-20)27(22,23)16-13-17-5-3-2-4-6-17/h2-10,13,16,20H,11-12,14-15H2,1H3/b16-13+. The summed E-state index contributed by atoms with van der Waals surface area (Å²) in [5.74, 6) is 0.588. The minimum absolute atomic E-state index is 0.182. The minimum atomic E-state index is -3.58. The molecule has 0 bridgehead atoms. The fourth-order valence-electron chi connectivity index (χ4n) is 3.17. The fraction of sp³-hybridized carbons (Fsp3) is 0.300. The van der Waals surface area contributed by atoms with Crippen LogP contribution in [0.15, 0.2) is 64.9 Å². The molecule has 0 spiro atoms. The number of piperidine rings is 1. The van der Waals surface area contributed by atoms with E-state index >= 15 is 0 Å². The first-order chi connectivity index (χ1) is 13.3. The number of nitrogens with zero attached hydrogens (tertiary/aromatic N) is 1. The van der Waals surface area contributed by atoms with Crippen LogP contribution in [0, 0.1) is 0 Å². The molecular weight excluding hydrogens is 398 g/mol. The number of sulfonamides is 1. The van der Waals surface area contributed by atoms with Crippen molar-refractivity contribution in [2.45, 2.75) is 23.0 Å². The summed E-state index contributed by atoms with van der Waals surface area (Å²) >= 11 is 0. The van der Waals surface area contributed by atoms with Crippen LogP contribution in [-0.2, 0) is 19.9 Å². The first-order valence-corrected chi connectivity index (χ1v) is 12.0. The monoisotopic (exact) mass is 421 g/mol. The van der Waals surface area contributed by atoms with E-state index in [4.69, 9.17) is 4.74 Å². The molecule has 1 saturated heterocycles. The molecule has 0 saturated carbocycles. The van der Waals surface area contributed by atoms with Crippen molar-refractivity contribution in [3.63, 3.8) is 0 Å². The summed E-state index contributed by atoms with van der Waals surface area (Å²) in [5, 5.41) is 0.589. The topological polar surface area (TPSA) is 80.8 Å². The molecule has 0 aromatic heterocycles. The van der Waals surface area contributed by atoms with Gasteiger partial charge in [0.2, 0.25) is 10.0 Å². The summed E-state index contributed by atoms with van der Waals surface area (Å²) in [4.78, 5) is 0.235. The van der Waals surface area contributed by atoms with Crippen LogP contribution < -0.4 is 4.74 Å². The molecule has 8 heteroatoms. The quantitative estimate of drug-likeness (QED) is 0.716. The molecule has 1 aliphatic rings. The van der Waals surface area contributed by atoms with Crippen molar-refractivity contribution in [1.82, 2.24) is 4.31 Å². The van der Waals surface area contributed by atoms with Crippen LogP contribution in [0.5, 0.6) is 5.75 Å². The van der Waals surface area contributed by atoms with Gasteiger partial charge < -0.3 is 4.74 Å². The smallest absolute Gasteiger partial charge is 0.236 e. The third kappa shape index (κ3) is 4.63. The predicted molar refractivity (Wildman–Crippen MR) is 109 cm³/mol. The van der Waals surface area contributed by atoms with Gasteiger partial charge in [-0.25, -0.2) is 16.8 Å². The second kappa shape index (κ2) is 8.46. The van der Waals surface area contributed by atoms with Crippen LogP contribution >= 0.6 is 0 Å². The van der Waals surface area contributed by atoms with Gasteiger partial charge in [0.05, 0.1) is 17.3 Å². The van der Waals surface area contributed by atoms with Crippen LogP contribution in [-0.4, -0.2) is 46.6 Å². The first-order valence-electron chi connectivity index (χ1n) is 8.94. The molecule has 0 atom stereocenters. The van der Waals surface area contributed by atoms with Gasteiger partial charge in [-0.15, -0.1) is 0 Å². The molecule has 1 fully saturated rings. The Morgan fingerprint density at radius 3 is 2.11 bits per heavy atom. The van der Waals surface area contributed by atoms with Gasteiger partial charge >= 0.3 is 0 Å². The van der Waals surface area contributed by atoms with Gasteiger partial charge in [0.25, 0.3) is 0 Å². The Hall–Kier alpha value is -2.16. The van der Waals surface area contributed by atoms with E-state index in [0.29, 0.717) is 5.75 Å². The lowest BCUT2D eigenvalue weighted by Gasteiger charge is -2.30. The highest BCUT2D eigenvalue weighted by molar-refractivity contribution is 7.92. The normalized spacial score (nSPS) is 17.0. The highest BCUT2D eigenvalue weighted by Gasteiger charge is 2.34. The van der Waals surface area contributed by atoms with Crippen LogP contribution in [0.3, 0.4) is 0 Å². The lowest BCUT2D eigenvalue weighted by atomic mass is 10.2. The Kier molecular flexibility index (Phi) is 6.22. The molecule has 0 aliphatic carbocycles. The van der Waals surface area contributed by atoms with Gasteiger partial charge in [0, 0.05) is 18.5 Å². The molecule has 28 heavy (non-hydrogen) atoms. The zero-order chi connectivity index (χ0) is 20.2. The number of benzene rings is 2. The fourth-order valence-corrected chi connectivity index (χ4v) is 6.12. The Morgan fingerprint density at radius 2 is 1.54 bits per heavy atom. The molecule has 150 valence electrons. The largest absolute Gasteiger partial charge is 0.497 e. The maximum Gasteiger partial charge on any atom is 0.236 e. The van der Waals surface area contributed by atoms with Crippen molar-refractivity contribution in [1.29, 1.82) is 0 Å². The van der Waals surface area contributed by atoms with Crippen LogP contribution in [0.4, 0.5) is 0 Å². The Morgan fingerprint density at radius 1 is 0.929 bits per heavy atom. The van der Waals surface area contributed by atoms with Gasteiger partial charge in [-0.3, -0.25) is 0 Å². The average molecular weight is 422 g/mol. The van der Waals surface area contributed by atoms with Gasteiger partial charge in [0.1, 0.15) is 5.75 Å². The number of hydrogen-bond acceptors (Lipinski definition) is 5. The van der Waals surface area contributed by atoms with E-state index in [1.807, 2.05) is 30.3 Å². The van der Waals surface area contributed by atoms with E-state index in [0.717, 1.165) is 5.56 Å². The van der Waals surface area contributed by atoms with Crippen molar-refractivity contribution in [2.24, 2.45) is 0 Å². The van der Waals surface area contributed by atoms with E-state index in [9.17, 15) is 16.8 Å². The van der Waals surface area contributed by atoms with Crippen molar-refractivity contribution >= 4 is 25.9 Å². The number of ether oxygens (including phenoxy) is 1. The van der Waals surface area contributed by atoms with Crippen LogP contribution in [0.25, 0.3) is 6.08 Å². The van der Waals surface area contributed by atoms with E-state index < -0.39 is 25.1 Å². The van der Waals surface area contributed by atoms with Crippen LogP contribution in [0.1, 0.15) is 18.4 Å². The molecule has 0 amide bonds. The highest BCUT2D eigenvalue weighted by Crippen LogP contribution is 2.27. The maximum absolute atomic E-state index is 12.8. The number of rotatable bonds is 6. The third-order valence-corrected chi connectivity index (χ3v) is 8.66. The summed E-state index contributed by atoms with van der Waals surface area (Å²) in [6, 6.07) is 15.4. The summed E-state index contributed by atoms with van der Waals surface area (Å²) in [6.07, 6.45) is 2.09. The second-order valence-electron chi connectivity index (χ2n) is 6.58. The molecule has 1 heterocycles. The number of methoxy groups -OCH3 is 1.